The summed E-state index contributed by atoms with van der Waals surface area (Å²) >= 11 is 3.26. The van der Waals surface area contributed by atoms with E-state index >= 15 is 0 Å². The SMILES string of the molecule is N#CCC(=O)NN=Cc1ccc(-c2ccc([N+](=O)[O-])cc2Br)o1. The van der Waals surface area contributed by atoms with Crippen LogP contribution in [0.3, 0.4) is 0 Å². The van der Waals surface area contributed by atoms with Crippen LogP contribution in [0.2, 0.25) is 0 Å². The van der Waals surface area contributed by atoms with Crippen LogP contribution in [0.5, 0.6) is 0 Å². The van der Waals surface area contributed by atoms with Crippen LogP contribution in [0.1, 0.15) is 12.2 Å². The van der Waals surface area contributed by atoms with E-state index in [2.05, 4.69) is 26.5 Å². The van der Waals surface area contributed by atoms with Gasteiger partial charge in [0.15, 0.2) is 0 Å². The van der Waals surface area contributed by atoms with Gasteiger partial charge >= 0.3 is 0 Å². The number of rotatable bonds is 5. The summed E-state index contributed by atoms with van der Waals surface area (Å²) < 4.78 is 6.05. The molecule has 9 heteroatoms. The van der Waals surface area contributed by atoms with Crippen molar-refractivity contribution < 1.29 is 14.1 Å². The highest BCUT2D eigenvalue weighted by atomic mass is 79.9. The van der Waals surface area contributed by atoms with Gasteiger partial charge in [0.2, 0.25) is 0 Å². The standard InChI is InChI=1S/C14H9BrN4O4/c15-12-7-9(19(21)22)1-3-11(12)13-4-2-10(23-13)8-17-18-14(20)5-6-16/h1-4,7-8H,5H2,(H,18,20). The van der Waals surface area contributed by atoms with E-state index in [9.17, 15) is 14.9 Å². The van der Waals surface area contributed by atoms with Gasteiger partial charge in [-0.3, -0.25) is 14.9 Å². The van der Waals surface area contributed by atoms with Gasteiger partial charge in [-0.1, -0.05) is 0 Å². The zero-order chi connectivity index (χ0) is 16.8. The van der Waals surface area contributed by atoms with Crippen molar-refractivity contribution in [3.63, 3.8) is 0 Å². The molecule has 0 atom stereocenters. The first kappa shape index (κ1) is 16.4. The Balaban J connectivity index is 2.13. The zero-order valence-electron chi connectivity index (χ0n) is 11.5. The van der Waals surface area contributed by atoms with Gasteiger partial charge < -0.3 is 4.42 Å². The maximum absolute atomic E-state index is 11.1. The maximum Gasteiger partial charge on any atom is 0.270 e. The molecular formula is C14H9BrN4O4. The molecule has 0 bridgehead atoms. The Labute approximate surface area is 138 Å². The normalized spacial score (nSPS) is 10.4. The molecular weight excluding hydrogens is 368 g/mol. The molecule has 0 fully saturated rings. The van der Waals surface area contributed by atoms with E-state index in [0.29, 0.717) is 21.6 Å². The monoisotopic (exact) mass is 376 g/mol. The quantitative estimate of drug-likeness (QED) is 0.488. The summed E-state index contributed by atoms with van der Waals surface area (Å²) in [4.78, 5) is 21.3. The summed E-state index contributed by atoms with van der Waals surface area (Å²) in [5.74, 6) is 0.340. The van der Waals surface area contributed by atoms with E-state index in [4.69, 9.17) is 9.68 Å². The van der Waals surface area contributed by atoms with Crippen LogP contribution in [-0.4, -0.2) is 17.0 Å². The molecule has 0 radical (unpaired) electrons. The van der Waals surface area contributed by atoms with Crippen molar-refractivity contribution in [1.82, 2.24) is 5.43 Å². The molecule has 23 heavy (non-hydrogen) atoms. The van der Waals surface area contributed by atoms with Gasteiger partial charge in [-0.05, 0) is 34.1 Å². The Kier molecular flexibility index (Phi) is 5.22. The van der Waals surface area contributed by atoms with Crippen LogP contribution in [0, 0.1) is 21.4 Å². The van der Waals surface area contributed by atoms with Crippen molar-refractivity contribution >= 4 is 33.7 Å². The minimum absolute atomic E-state index is 0.0332. The molecule has 0 aliphatic carbocycles. The lowest BCUT2D eigenvalue weighted by Gasteiger charge is -2.00. The predicted molar refractivity (Wildman–Crippen MR) is 84.5 cm³/mol. The first-order chi connectivity index (χ1) is 11.0. The average molecular weight is 377 g/mol. The number of nitrogens with zero attached hydrogens (tertiary/aromatic N) is 3. The number of nitriles is 1. The fourth-order valence-electron chi connectivity index (χ4n) is 1.66. The first-order valence-electron chi connectivity index (χ1n) is 6.24. The molecule has 0 aliphatic rings. The molecule has 0 unspecified atom stereocenters. The lowest BCUT2D eigenvalue weighted by Crippen LogP contribution is -2.15. The number of benzene rings is 1. The number of furan rings is 1. The van der Waals surface area contributed by atoms with E-state index in [1.165, 1.54) is 18.3 Å². The summed E-state index contributed by atoms with van der Waals surface area (Å²) in [6, 6.07) is 9.32. The predicted octanol–water partition coefficient (Wildman–Crippen LogP) is 2.98. The van der Waals surface area contributed by atoms with Gasteiger partial charge in [-0.25, -0.2) is 5.43 Å². The van der Waals surface area contributed by atoms with Crippen LogP contribution in [0.15, 0.2) is 44.3 Å². The van der Waals surface area contributed by atoms with Crippen molar-refractivity contribution in [1.29, 1.82) is 5.26 Å². The number of nitro groups is 1. The van der Waals surface area contributed by atoms with Gasteiger partial charge in [-0.2, -0.15) is 10.4 Å². The molecule has 2 rings (SSSR count). The molecule has 8 nitrogen and oxygen atoms in total. The average Bonchev–Trinajstić information content (AvgIpc) is 2.96. The zero-order valence-corrected chi connectivity index (χ0v) is 13.1. The van der Waals surface area contributed by atoms with Gasteiger partial charge in [0.05, 0.1) is 17.2 Å². The molecule has 0 saturated carbocycles. The van der Waals surface area contributed by atoms with Gasteiger partial charge in [0.25, 0.3) is 11.6 Å². The Morgan fingerprint density at radius 3 is 2.91 bits per heavy atom. The summed E-state index contributed by atoms with van der Waals surface area (Å²) in [6.45, 7) is 0. The summed E-state index contributed by atoms with van der Waals surface area (Å²) in [5.41, 5.74) is 2.79. The molecule has 0 spiro atoms. The highest BCUT2D eigenvalue weighted by molar-refractivity contribution is 9.10. The molecule has 1 N–H and O–H groups in total. The number of hydrogen-bond acceptors (Lipinski definition) is 6. The number of hydrazone groups is 1. The van der Waals surface area contributed by atoms with E-state index < -0.39 is 10.8 Å². The lowest BCUT2D eigenvalue weighted by atomic mass is 10.1. The summed E-state index contributed by atoms with van der Waals surface area (Å²) in [7, 11) is 0. The van der Waals surface area contributed by atoms with E-state index in [1.54, 1.807) is 24.3 Å². The van der Waals surface area contributed by atoms with Crippen molar-refractivity contribution in [2.24, 2.45) is 5.10 Å². The molecule has 2 aromatic rings. The number of halogens is 1. The Morgan fingerprint density at radius 1 is 1.48 bits per heavy atom. The third-order valence-corrected chi connectivity index (χ3v) is 3.33. The second-order valence-corrected chi connectivity index (χ2v) is 5.11. The Morgan fingerprint density at radius 2 is 2.26 bits per heavy atom. The first-order valence-corrected chi connectivity index (χ1v) is 7.03. The molecule has 116 valence electrons. The highest BCUT2D eigenvalue weighted by Gasteiger charge is 2.12. The van der Waals surface area contributed by atoms with E-state index in [-0.39, 0.29) is 12.1 Å². The topological polar surface area (TPSA) is 122 Å². The van der Waals surface area contributed by atoms with Crippen LogP contribution in [-0.2, 0) is 4.79 Å². The number of nitro benzene ring substituents is 1. The number of amides is 1. The largest absolute Gasteiger partial charge is 0.455 e. The van der Waals surface area contributed by atoms with Crippen LogP contribution < -0.4 is 5.43 Å². The van der Waals surface area contributed by atoms with Gasteiger partial charge in [-0.15, -0.1) is 0 Å². The fraction of sp³-hybridized carbons (Fsp3) is 0.0714. The third-order valence-electron chi connectivity index (χ3n) is 2.68. The molecule has 1 aromatic carbocycles. The molecule has 0 saturated heterocycles. The molecule has 1 aromatic heterocycles. The number of non-ortho nitro benzene ring substituents is 1. The number of carbonyl (C=O) groups is 1. The summed E-state index contributed by atoms with van der Waals surface area (Å²) in [6.07, 6.45) is 1.01. The number of hydrogen-bond donors (Lipinski definition) is 1. The Bertz CT molecular complexity index is 822. The lowest BCUT2D eigenvalue weighted by molar-refractivity contribution is -0.384. The molecule has 1 amide bonds. The maximum atomic E-state index is 11.1. The van der Waals surface area contributed by atoms with Gasteiger partial charge in [0.1, 0.15) is 17.9 Å². The highest BCUT2D eigenvalue weighted by Crippen LogP contribution is 2.32. The third kappa shape index (κ3) is 4.24. The smallest absolute Gasteiger partial charge is 0.270 e. The van der Waals surface area contributed by atoms with Crippen molar-refractivity contribution in [2.45, 2.75) is 6.42 Å². The minimum atomic E-state index is -0.520. The van der Waals surface area contributed by atoms with Crippen molar-refractivity contribution in [3.8, 4) is 17.4 Å². The minimum Gasteiger partial charge on any atom is -0.455 e. The van der Waals surface area contributed by atoms with Crippen LogP contribution >= 0.6 is 15.9 Å². The van der Waals surface area contributed by atoms with Crippen LogP contribution in [0.25, 0.3) is 11.3 Å². The van der Waals surface area contributed by atoms with Crippen molar-refractivity contribution in [3.05, 3.63) is 50.7 Å². The second-order valence-electron chi connectivity index (χ2n) is 4.25. The second kappa shape index (κ2) is 7.33. The van der Waals surface area contributed by atoms with Crippen LogP contribution in [0.4, 0.5) is 5.69 Å². The van der Waals surface area contributed by atoms with E-state index in [1.807, 2.05) is 0 Å². The van der Waals surface area contributed by atoms with E-state index in [0.717, 1.165) is 0 Å². The Hall–Kier alpha value is -2.99. The number of nitrogens with one attached hydrogen (secondary N) is 1. The fourth-order valence-corrected chi connectivity index (χ4v) is 2.23. The van der Waals surface area contributed by atoms with Crippen molar-refractivity contribution in [2.75, 3.05) is 0 Å². The molecule has 0 aliphatic heterocycles. The van der Waals surface area contributed by atoms with Gasteiger partial charge in [0, 0.05) is 22.2 Å². The summed E-state index contributed by atoms with van der Waals surface area (Å²) in [5, 5.41) is 22.7. The number of carbonyl (C=O) groups excluding carboxylic acids is 1. The molecule has 1 heterocycles.